The topological polar surface area (TPSA) is 9.23 Å². The molecule has 0 saturated carbocycles. The largest absolute Gasteiger partial charge is 0.378 e. The van der Waals surface area contributed by atoms with E-state index < -0.39 is 8.07 Å². The summed E-state index contributed by atoms with van der Waals surface area (Å²) >= 11 is 0. The Labute approximate surface area is 119 Å². The molecular formula is C17H28OSi. The minimum absolute atomic E-state index is 0.547. The quantitative estimate of drug-likeness (QED) is 0.676. The molecule has 1 aliphatic rings. The third kappa shape index (κ3) is 3.93. The summed E-state index contributed by atoms with van der Waals surface area (Å²) in [6.45, 7) is 8.37. The maximum absolute atomic E-state index is 6.03. The molecule has 0 aliphatic carbocycles. The lowest BCUT2D eigenvalue weighted by atomic mass is 10.1. The molecule has 1 aromatic carbocycles. The number of rotatable bonds is 6. The van der Waals surface area contributed by atoms with Crippen molar-refractivity contribution in [1.29, 1.82) is 0 Å². The molecule has 0 unspecified atom stereocenters. The van der Waals surface area contributed by atoms with Crippen LogP contribution in [0.5, 0.6) is 0 Å². The van der Waals surface area contributed by atoms with Gasteiger partial charge in [0, 0.05) is 6.61 Å². The molecule has 1 saturated heterocycles. The summed E-state index contributed by atoms with van der Waals surface area (Å²) in [4.78, 5) is 0. The van der Waals surface area contributed by atoms with Crippen molar-refractivity contribution in [1.82, 2.24) is 0 Å². The van der Waals surface area contributed by atoms with Crippen molar-refractivity contribution in [2.75, 3.05) is 6.61 Å². The van der Waals surface area contributed by atoms with E-state index in [0.717, 1.165) is 12.1 Å². The molecule has 2 heteroatoms. The standard InChI is InChI=1S/C17H28OSi/c1-4-5-11-16-17(12-13-18-16)19(2,3)14-15-9-7-6-8-10-15/h6-10,16-17H,4-5,11-14H2,1-3H3/t16-,17+/m0/s1. The van der Waals surface area contributed by atoms with Crippen molar-refractivity contribution in [2.24, 2.45) is 0 Å². The van der Waals surface area contributed by atoms with Crippen LogP contribution < -0.4 is 0 Å². The van der Waals surface area contributed by atoms with Gasteiger partial charge in [0.2, 0.25) is 0 Å². The number of hydrogen-bond acceptors (Lipinski definition) is 1. The van der Waals surface area contributed by atoms with Crippen LogP contribution >= 0.6 is 0 Å². The average Bonchev–Trinajstić information content (AvgIpc) is 2.86. The zero-order chi connectivity index (χ0) is 13.7. The number of hydrogen-bond donors (Lipinski definition) is 0. The Kier molecular flexibility index (Phi) is 5.23. The minimum Gasteiger partial charge on any atom is -0.378 e. The summed E-state index contributed by atoms with van der Waals surface area (Å²) in [5.74, 6) is 0. The first-order chi connectivity index (χ1) is 9.13. The van der Waals surface area contributed by atoms with Crippen LogP contribution in [0.1, 0.15) is 38.2 Å². The average molecular weight is 276 g/mol. The van der Waals surface area contributed by atoms with E-state index in [9.17, 15) is 0 Å². The Morgan fingerprint density at radius 1 is 1.21 bits per heavy atom. The second-order valence-electron chi connectivity index (χ2n) is 6.60. The van der Waals surface area contributed by atoms with Crippen LogP contribution in [0.3, 0.4) is 0 Å². The lowest BCUT2D eigenvalue weighted by molar-refractivity contribution is 0.101. The van der Waals surface area contributed by atoms with E-state index in [0.29, 0.717) is 6.10 Å². The van der Waals surface area contributed by atoms with Crippen LogP contribution in [-0.4, -0.2) is 20.8 Å². The number of benzene rings is 1. The Bertz CT molecular complexity index is 374. The lowest BCUT2D eigenvalue weighted by Gasteiger charge is -2.33. The molecule has 2 rings (SSSR count). The first-order valence-corrected chi connectivity index (χ1v) is 11.1. The monoisotopic (exact) mass is 276 g/mol. The van der Waals surface area contributed by atoms with Gasteiger partial charge in [0.1, 0.15) is 0 Å². The van der Waals surface area contributed by atoms with E-state index in [1.807, 2.05) is 0 Å². The normalized spacial score (nSPS) is 23.7. The summed E-state index contributed by atoms with van der Waals surface area (Å²) in [5.41, 5.74) is 2.36. The lowest BCUT2D eigenvalue weighted by Crippen LogP contribution is -2.39. The third-order valence-corrected chi connectivity index (χ3v) is 8.55. The second-order valence-corrected chi connectivity index (χ2v) is 11.7. The maximum Gasteiger partial charge on any atom is 0.0580 e. The van der Waals surface area contributed by atoms with E-state index in [2.05, 4.69) is 50.3 Å². The molecule has 1 nitrogen and oxygen atoms in total. The SMILES string of the molecule is CCCC[C@@H]1OCC[C@H]1[Si](C)(C)Cc1ccccc1. The molecule has 1 fully saturated rings. The molecule has 2 atom stereocenters. The summed E-state index contributed by atoms with van der Waals surface area (Å²) in [6, 6.07) is 12.3. The molecule has 0 N–H and O–H groups in total. The van der Waals surface area contributed by atoms with E-state index in [-0.39, 0.29) is 0 Å². The third-order valence-electron chi connectivity index (χ3n) is 4.56. The summed E-state index contributed by atoms with van der Waals surface area (Å²) < 4.78 is 6.03. The van der Waals surface area contributed by atoms with Crippen LogP contribution in [0.2, 0.25) is 18.6 Å². The van der Waals surface area contributed by atoms with Gasteiger partial charge >= 0.3 is 0 Å². The van der Waals surface area contributed by atoms with Gasteiger partial charge in [-0.3, -0.25) is 0 Å². The fourth-order valence-corrected chi connectivity index (χ4v) is 7.20. The molecule has 1 aromatic rings. The molecule has 0 radical (unpaired) electrons. The molecule has 0 bridgehead atoms. The highest BCUT2D eigenvalue weighted by molar-refractivity contribution is 6.78. The molecule has 0 amide bonds. The highest BCUT2D eigenvalue weighted by Gasteiger charge is 2.40. The van der Waals surface area contributed by atoms with E-state index in [1.54, 1.807) is 0 Å². The molecule has 106 valence electrons. The van der Waals surface area contributed by atoms with Crippen molar-refractivity contribution >= 4 is 8.07 Å². The number of unbranched alkanes of at least 4 members (excludes halogenated alkanes) is 1. The minimum atomic E-state index is -1.25. The van der Waals surface area contributed by atoms with Crippen LogP contribution in [0.15, 0.2) is 30.3 Å². The molecule has 1 heterocycles. The number of ether oxygens (including phenoxy) is 1. The first-order valence-electron chi connectivity index (χ1n) is 7.79. The zero-order valence-electron chi connectivity index (χ0n) is 12.7. The molecule has 1 aliphatic heterocycles. The van der Waals surface area contributed by atoms with Gasteiger partial charge in [-0.15, -0.1) is 0 Å². The first kappa shape index (κ1) is 14.8. The van der Waals surface area contributed by atoms with Crippen molar-refractivity contribution in [2.45, 2.75) is 63.4 Å². The van der Waals surface area contributed by atoms with Gasteiger partial charge in [0.05, 0.1) is 14.2 Å². The summed E-state index contributed by atoms with van der Waals surface area (Å²) in [6.07, 6.45) is 5.71. The summed E-state index contributed by atoms with van der Waals surface area (Å²) in [7, 11) is -1.25. The maximum atomic E-state index is 6.03. The predicted molar refractivity (Wildman–Crippen MR) is 85.3 cm³/mol. The zero-order valence-corrected chi connectivity index (χ0v) is 13.7. The molecule has 0 aromatic heterocycles. The Morgan fingerprint density at radius 3 is 2.63 bits per heavy atom. The van der Waals surface area contributed by atoms with Gasteiger partial charge < -0.3 is 4.74 Å². The highest BCUT2D eigenvalue weighted by Crippen LogP contribution is 2.39. The summed E-state index contributed by atoms with van der Waals surface area (Å²) in [5, 5.41) is 0. The van der Waals surface area contributed by atoms with Gasteiger partial charge in [-0.25, -0.2) is 0 Å². The molecular weight excluding hydrogens is 248 g/mol. The van der Waals surface area contributed by atoms with E-state index in [1.165, 1.54) is 37.3 Å². The smallest absolute Gasteiger partial charge is 0.0580 e. The van der Waals surface area contributed by atoms with Gasteiger partial charge in [0.25, 0.3) is 0 Å². The predicted octanol–water partition coefficient (Wildman–Crippen LogP) is 4.83. The second kappa shape index (κ2) is 6.71. The van der Waals surface area contributed by atoms with Gasteiger partial charge in [-0.05, 0) is 24.4 Å². The van der Waals surface area contributed by atoms with Crippen LogP contribution in [-0.2, 0) is 10.8 Å². The molecule has 0 spiro atoms. The van der Waals surface area contributed by atoms with Crippen molar-refractivity contribution in [3.8, 4) is 0 Å². The van der Waals surface area contributed by atoms with E-state index >= 15 is 0 Å². The Morgan fingerprint density at radius 2 is 1.95 bits per heavy atom. The van der Waals surface area contributed by atoms with Gasteiger partial charge in [-0.2, -0.15) is 0 Å². The molecule has 19 heavy (non-hydrogen) atoms. The van der Waals surface area contributed by atoms with Gasteiger partial charge in [-0.1, -0.05) is 68.8 Å². The van der Waals surface area contributed by atoms with Crippen molar-refractivity contribution in [3.63, 3.8) is 0 Å². The Hall–Kier alpha value is -0.603. The van der Waals surface area contributed by atoms with Crippen LogP contribution in [0.4, 0.5) is 0 Å². The van der Waals surface area contributed by atoms with Crippen molar-refractivity contribution in [3.05, 3.63) is 35.9 Å². The van der Waals surface area contributed by atoms with Crippen molar-refractivity contribution < 1.29 is 4.74 Å². The van der Waals surface area contributed by atoms with Crippen LogP contribution in [0, 0.1) is 0 Å². The van der Waals surface area contributed by atoms with E-state index in [4.69, 9.17) is 4.74 Å². The highest BCUT2D eigenvalue weighted by atomic mass is 28.3. The fraction of sp³-hybridized carbons (Fsp3) is 0.647. The fourth-order valence-electron chi connectivity index (χ4n) is 3.49. The van der Waals surface area contributed by atoms with Gasteiger partial charge in [0.15, 0.2) is 0 Å². The van der Waals surface area contributed by atoms with Crippen LogP contribution in [0.25, 0.3) is 0 Å². The Balaban J connectivity index is 2.01.